The summed E-state index contributed by atoms with van der Waals surface area (Å²) in [5.74, 6) is 0.105. The first-order valence-corrected chi connectivity index (χ1v) is 5.27. The second kappa shape index (κ2) is 4.11. The van der Waals surface area contributed by atoms with Crippen LogP contribution in [0.5, 0.6) is 0 Å². The molecular formula is C11H19NO. The molecule has 1 aliphatic rings. The monoisotopic (exact) mass is 181 g/mol. The molecule has 0 saturated heterocycles. The van der Waals surface area contributed by atoms with Crippen molar-refractivity contribution in [1.29, 1.82) is 5.26 Å². The Labute approximate surface area is 80.6 Å². The average Bonchev–Trinajstić information content (AvgIpc) is 2.12. The highest BCUT2D eigenvalue weighted by molar-refractivity contribution is 5.02. The van der Waals surface area contributed by atoms with Crippen molar-refractivity contribution in [3.8, 4) is 6.07 Å². The molecule has 1 aliphatic carbocycles. The maximum absolute atomic E-state index is 10.4. The number of nitriles is 1. The van der Waals surface area contributed by atoms with Gasteiger partial charge in [0.25, 0.3) is 0 Å². The number of nitrogens with zero attached hydrogens (tertiary/aromatic N) is 1. The molecule has 3 unspecified atom stereocenters. The van der Waals surface area contributed by atoms with E-state index in [-0.39, 0.29) is 11.8 Å². The van der Waals surface area contributed by atoms with E-state index in [1.807, 2.05) is 6.92 Å². The smallest absolute Gasteiger partial charge is 0.0830 e. The van der Waals surface area contributed by atoms with Gasteiger partial charge in [-0.25, -0.2) is 0 Å². The van der Waals surface area contributed by atoms with Crippen molar-refractivity contribution in [2.75, 3.05) is 0 Å². The van der Waals surface area contributed by atoms with Crippen molar-refractivity contribution in [3.63, 3.8) is 0 Å². The van der Waals surface area contributed by atoms with E-state index in [9.17, 15) is 5.11 Å². The molecule has 3 atom stereocenters. The Morgan fingerprint density at radius 3 is 2.77 bits per heavy atom. The normalized spacial score (nSPS) is 36.6. The summed E-state index contributed by atoms with van der Waals surface area (Å²) in [5, 5.41) is 19.3. The molecule has 1 saturated carbocycles. The number of aliphatic hydroxyl groups is 1. The van der Waals surface area contributed by atoms with Crippen LogP contribution in [-0.2, 0) is 0 Å². The number of hydrogen-bond donors (Lipinski definition) is 1. The summed E-state index contributed by atoms with van der Waals surface area (Å²) in [6.07, 6.45) is 4.90. The lowest BCUT2D eigenvalue weighted by molar-refractivity contribution is -0.0731. The molecule has 2 nitrogen and oxygen atoms in total. The second-order valence-electron chi connectivity index (χ2n) is 4.23. The zero-order chi connectivity index (χ0) is 9.90. The fraction of sp³-hybridized carbons (Fsp3) is 0.909. The molecule has 1 N–H and O–H groups in total. The van der Waals surface area contributed by atoms with Gasteiger partial charge in [0.05, 0.1) is 17.6 Å². The molecule has 0 aromatic carbocycles. The minimum absolute atomic E-state index is 0.178. The molecule has 0 aromatic heterocycles. The standard InChI is InChI=1S/C11H19NO/c1-3-10(8-12)11(13)7-5-4-6-9(11)2/h9-10,13H,3-7H2,1-2H3. The SMILES string of the molecule is CCC(C#N)C1(O)CCCCC1C. The van der Waals surface area contributed by atoms with Crippen molar-refractivity contribution >= 4 is 0 Å². The lowest BCUT2D eigenvalue weighted by atomic mass is 9.69. The third kappa shape index (κ3) is 1.86. The zero-order valence-corrected chi connectivity index (χ0v) is 8.58. The zero-order valence-electron chi connectivity index (χ0n) is 8.58. The Kier molecular flexibility index (Phi) is 3.33. The molecule has 1 fully saturated rings. The third-order valence-corrected chi connectivity index (χ3v) is 3.49. The molecule has 0 heterocycles. The van der Waals surface area contributed by atoms with Crippen molar-refractivity contribution in [2.45, 2.75) is 51.6 Å². The molecule has 0 radical (unpaired) electrons. The molecule has 0 spiro atoms. The fourth-order valence-electron chi connectivity index (χ4n) is 2.43. The van der Waals surface area contributed by atoms with Gasteiger partial charge in [0.1, 0.15) is 0 Å². The van der Waals surface area contributed by atoms with Gasteiger partial charge >= 0.3 is 0 Å². The predicted octanol–water partition coefficient (Wildman–Crippen LogP) is 2.48. The minimum Gasteiger partial charge on any atom is -0.388 e. The molecule has 74 valence electrons. The number of rotatable bonds is 2. The summed E-state index contributed by atoms with van der Waals surface area (Å²) in [7, 11) is 0. The van der Waals surface area contributed by atoms with Crippen LogP contribution >= 0.6 is 0 Å². The van der Waals surface area contributed by atoms with Gasteiger partial charge in [-0.15, -0.1) is 0 Å². The van der Waals surface area contributed by atoms with E-state index in [0.717, 1.165) is 25.7 Å². The van der Waals surface area contributed by atoms with E-state index >= 15 is 0 Å². The summed E-state index contributed by atoms with van der Waals surface area (Å²) >= 11 is 0. The van der Waals surface area contributed by atoms with Crippen LogP contribution < -0.4 is 0 Å². The topological polar surface area (TPSA) is 44.0 Å². The molecule has 2 heteroatoms. The lowest BCUT2D eigenvalue weighted by Crippen LogP contribution is -2.45. The van der Waals surface area contributed by atoms with Gasteiger partial charge in [0, 0.05) is 0 Å². The predicted molar refractivity (Wildman–Crippen MR) is 52.0 cm³/mol. The van der Waals surface area contributed by atoms with E-state index in [1.165, 1.54) is 6.42 Å². The largest absolute Gasteiger partial charge is 0.388 e. The van der Waals surface area contributed by atoms with Crippen molar-refractivity contribution in [3.05, 3.63) is 0 Å². The fourth-order valence-corrected chi connectivity index (χ4v) is 2.43. The van der Waals surface area contributed by atoms with Gasteiger partial charge in [0.2, 0.25) is 0 Å². The van der Waals surface area contributed by atoms with Gasteiger partial charge < -0.3 is 5.11 Å². The molecule has 0 bridgehead atoms. The maximum atomic E-state index is 10.4. The highest BCUT2D eigenvalue weighted by Crippen LogP contribution is 2.39. The van der Waals surface area contributed by atoms with Crippen molar-refractivity contribution < 1.29 is 5.11 Å². The minimum atomic E-state index is -0.707. The van der Waals surface area contributed by atoms with E-state index in [2.05, 4.69) is 13.0 Å². The molecule has 13 heavy (non-hydrogen) atoms. The van der Waals surface area contributed by atoms with Crippen LogP contribution in [0.1, 0.15) is 46.0 Å². The van der Waals surface area contributed by atoms with E-state index in [1.54, 1.807) is 0 Å². The highest BCUT2D eigenvalue weighted by Gasteiger charge is 2.42. The Balaban J connectivity index is 2.77. The molecule has 0 aromatic rings. The first-order chi connectivity index (χ1) is 6.15. The molecular weight excluding hydrogens is 162 g/mol. The van der Waals surface area contributed by atoms with Crippen LogP contribution in [0, 0.1) is 23.2 Å². The summed E-state index contributed by atoms with van der Waals surface area (Å²) in [6, 6.07) is 2.24. The van der Waals surface area contributed by atoms with E-state index < -0.39 is 5.60 Å². The molecule has 0 aliphatic heterocycles. The van der Waals surface area contributed by atoms with Crippen molar-refractivity contribution in [2.24, 2.45) is 11.8 Å². The van der Waals surface area contributed by atoms with Gasteiger partial charge in [-0.1, -0.05) is 26.7 Å². The number of hydrogen-bond acceptors (Lipinski definition) is 2. The van der Waals surface area contributed by atoms with Gasteiger partial charge in [-0.3, -0.25) is 0 Å². The molecule has 1 rings (SSSR count). The summed E-state index contributed by atoms with van der Waals surface area (Å²) < 4.78 is 0. The molecule has 0 amide bonds. The van der Waals surface area contributed by atoms with Gasteiger partial charge in [-0.05, 0) is 25.2 Å². The van der Waals surface area contributed by atoms with Crippen LogP contribution in [0.4, 0.5) is 0 Å². The van der Waals surface area contributed by atoms with Crippen LogP contribution in [0.2, 0.25) is 0 Å². The maximum Gasteiger partial charge on any atom is 0.0830 e. The van der Waals surface area contributed by atoms with Crippen LogP contribution in [0.3, 0.4) is 0 Å². The Morgan fingerprint density at radius 1 is 1.62 bits per heavy atom. The van der Waals surface area contributed by atoms with E-state index in [0.29, 0.717) is 0 Å². The van der Waals surface area contributed by atoms with E-state index in [4.69, 9.17) is 5.26 Å². The lowest BCUT2D eigenvalue weighted by Gasteiger charge is -2.41. The third-order valence-electron chi connectivity index (χ3n) is 3.49. The van der Waals surface area contributed by atoms with Gasteiger partial charge in [0.15, 0.2) is 0 Å². The summed E-state index contributed by atoms with van der Waals surface area (Å²) in [5.41, 5.74) is -0.707. The first-order valence-electron chi connectivity index (χ1n) is 5.27. The summed E-state index contributed by atoms with van der Waals surface area (Å²) in [6.45, 7) is 4.05. The van der Waals surface area contributed by atoms with Crippen LogP contribution in [0.15, 0.2) is 0 Å². The Bertz CT molecular complexity index is 209. The van der Waals surface area contributed by atoms with Crippen LogP contribution in [-0.4, -0.2) is 10.7 Å². The Morgan fingerprint density at radius 2 is 2.31 bits per heavy atom. The van der Waals surface area contributed by atoms with Gasteiger partial charge in [-0.2, -0.15) is 5.26 Å². The summed E-state index contributed by atoms with van der Waals surface area (Å²) in [4.78, 5) is 0. The average molecular weight is 181 g/mol. The first kappa shape index (κ1) is 10.5. The van der Waals surface area contributed by atoms with Crippen molar-refractivity contribution in [1.82, 2.24) is 0 Å². The Hall–Kier alpha value is -0.550. The highest BCUT2D eigenvalue weighted by atomic mass is 16.3. The quantitative estimate of drug-likeness (QED) is 0.711. The second-order valence-corrected chi connectivity index (χ2v) is 4.23. The van der Waals surface area contributed by atoms with Crippen LogP contribution in [0.25, 0.3) is 0 Å².